The summed E-state index contributed by atoms with van der Waals surface area (Å²) in [5.41, 5.74) is 1.11. The molecule has 0 aliphatic rings. The number of hydrogen-bond donors (Lipinski definition) is 0. The molecule has 1 atom stereocenters. The first-order valence-corrected chi connectivity index (χ1v) is 7.24. The number of nitrogens with zero attached hydrogens (tertiary/aromatic N) is 3. The highest BCUT2D eigenvalue weighted by Crippen LogP contribution is 2.32. The van der Waals surface area contributed by atoms with Gasteiger partial charge in [-0.05, 0) is 24.5 Å². The molecule has 2 aromatic heterocycles. The van der Waals surface area contributed by atoms with Crippen LogP contribution >= 0.6 is 23.1 Å². The largest absolute Gasteiger partial charge is 0.263 e. The third kappa shape index (κ3) is 3.31. The van der Waals surface area contributed by atoms with Crippen molar-refractivity contribution in [1.82, 2.24) is 9.97 Å². The lowest BCUT2D eigenvalue weighted by Gasteiger charge is -2.07. The Balaban J connectivity index is 2.15. The quantitative estimate of drug-likeness (QED) is 0.845. The van der Waals surface area contributed by atoms with Crippen molar-refractivity contribution in [3.63, 3.8) is 0 Å². The van der Waals surface area contributed by atoms with Gasteiger partial charge in [-0.1, -0.05) is 18.7 Å². The van der Waals surface area contributed by atoms with Gasteiger partial charge in [-0.15, -0.1) is 11.3 Å². The summed E-state index contributed by atoms with van der Waals surface area (Å²) in [4.78, 5) is 10.8. The molecule has 0 N–H and O–H groups in total. The van der Waals surface area contributed by atoms with E-state index in [1.165, 1.54) is 4.88 Å². The van der Waals surface area contributed by atoms with Crippen molar-refractivity contribution >= 4 is 23.1 Å². The molecule has 3 nitrogen and oxygen atoms in total. The van der Waals surface area contributed by atoms with E-state index in [0.29, 0.717) is 6.42 Å². The number of aryl methyl sites for hydroxylation is 1. The van der Waals surface area contributed by atoms with Gasteiger partial charge in [0.2, 0.25) is 0 Å². The molecule has 0 saturated carbocycles. The Morgan fingerprint density at radius 2 is 2.28 bits per heavy atom. The fourth-order valence-electron chi connectivity index (χ4n) is 1.50. The smallest absolute Gasteiger partial charge is 0.154 e. The molecule has 92 valence electrons. The molecule has 0 aromatic carbocycles. The lowest BCUT2D eigenvalue weighted by molar-refractivity contribution is 0.779. The van der Waals surface area contributed by atoms with Crippen LogP contribution in [-0.4, -0.2) is 9.97 Å². The molecule has 18 heavy (non-hydrogen) atoms. The Labute approximate surface area is 115 Å². The van der Waals surface area contributed by atoms with Crippen LogP contribution in [-0.2, 0) is 0 Å². The maximum atomic E-state index is 8.72. The molecular weight excluding hydrogens is 262 g/mol. The molecule has 0 saturated heterocycles. The van der Waals surface area contributed by atoms with Crippen LogP contribution in [0.15, 0.2) is 33.9 Å². The van der Waals surface area contributed by atoms with Crippen molar-refractivity contribution in [3.05, 3.63) is 35.1 Å². The molecule has 0 aliphatic carbocycles. The predicted molar refractivity (Wildman–Crippen MR) is 73.9 cm³/mol. The number of pyridine rings is 1. The first-order valence-electron chi connectivity index (χ1n) is 5.61. The van der Waals surface area contributed by atoms with E-state index in [1.807, 2.05) is 32.4 Å². The second-order valence-electron chi connectivity index (χ2n) is 4.06. The zero-order valence-electron chi connectivity index (χ0n) is 10.3. The molecule has 0 bridgehead atoms. The normalized spacial score (nSPS) is 12.1. The molecule has 0 spiro atoms. The third-order valence-corrected chi connectivity index (χ3v) is 4.45. The maximum Gasteiger partial charge on any atom is 0.154 e. The van der Waals surface area contributed by atoms with E-state index in [-0.39, 0.29) is 5.92 Å². The van der Waals surface area contributed by atoms with Gasteiger partial charge in [0.15, 0.2) is 4.34 Å². The molecular formula is C13H13N3S2. The van der Waals surface area contributed by atoms with Crippen molar-refractivity contribution in [2.45, 2.75) is 35.4 Å². The van der Waals surface area contributed by atoms with Gasteiger partial charge in [-0.3, -0.25) is 4.98 Å². The van der Waals surface area contributed by atoms with Crippen LogP contribution in [0.2, 0.25) is 0 Å². The van der Waals surface area contributed by atoms with Gasteiger partial charge in [0.1, 0.15) is 0 Å². The summed E-state index contributed by atoms with van der Waals surface area (Å²) in [7, 11) is 0. The minimum Gasteiger partial charge on any atom is -0.263 e. The van der Waals surface area contributed by atoms with Crippen molar-refractivity contribution < 1.29 is 0 Å². The van der Waals surface area contributed by atoms with Gasteiger partial charge in [-0.2, -0.15) is 5.26 Å². The average Bonchev–Trinajstić information content (AvgIpc) is 2.75. The van der Waals surface area contributed by atoms with Crippen LogP contribution in [0.5, 0.6) is 0 Å². The standard InChI is InChI=1S/C13H13N3S2/c1-9(3-4-14)11-5-12(8-15-7-11)18-13-16-6-10(2)17-13/h5-9H,3H2,1-2H3. The van der Waals surface area contributed by atoms with Crippen molar-refractivity contribution in [2.24, 2.45) is 0 Å². The number of aromatic nitrogens is 2. The SMILES string of the molecule is Cc1cnc(Sc2cncc(C(C)CC#N)c2)s1. The van der Waals surface area contributed by atoms with Gasteiger partial charge >= 0.3 is 0 Å². The Morgan fingerprint density at radius 1 is 1.44 bits per heavy atom. The molecule has 2 heterocycles. The molecule has 0 amide bonds. The Bertz CT molecular complexity index is 572. The molecule has 0 fully saturated rings. The van der Waals surface area contributed by atoms with E-state index in [1.54, 1.807) is 23.1 Å². The van der Waals surface area contributed by atoms with Gasteiger partial charge in [-0.25, -0.2) is 4.98 Å². The molecule has 5 heteroatoms. The van der Waals surface area contributed by atoms with Crippen LogP contribution in [0.1, 0.15) is 29.7 Å². The van der Waals surface area contributed by atoms with E-state index in [4.69, 9.17) is 5.26 Å². The highest BCUT2D eigenvalue weighted by atomic mass is 32.2. The van der Waals surface area contributed by atoms with E-state index >= 15 is 0 Å². The highest BCUT2D eigenvalue weighted by molar-refractivity contribution is 8.01. The summed E-state index contributed by atoms with van der Waals surface area (Å²) in [6.07, 6.45) is 6.07. The zero-order chi connectivity index (χ0) is 13.0. The molecule has 0 aliphatic heterocycles. The van der Waals surface area contributed by atoms with E-state index in [0.717, 1.165) is 14.8 Å². The Hall–Kier alpha value is -1.38. The van der Waals surface area contributed by atoms with Crippen LogP contribution < -0.4 is 0 Å². The van der Waals surface area contributed by atoms with Gasteiger partial charge < -0.3 is 0 Å². The minimum atomic E-state index is 0.223. The highest BCUT2D eigenvalue weighted by Gasteiger charge is 2.08. The first-order chi connectivity index (χ1) is 8.69. The van der Waals surface area contributed by atoms with Gasteiger partial charge in [0.05, 0.1) is 6.07 Å². The van der Waals surface area contributed by atoms with Crippen LogP contribution in [0, 0.1) is 18.3 Å². The van der Waals surface area contributed by atoms with E-state index in [9.17, 15) is 0 Å². The average molecular weight is 275 g/mol. The Kier molecular flexibility index (Phi) is 4.34. The van der Waals surface area contributed by atoms with E-state index in [2.05, 4.69) is 22.1 Å². The fourth-order valence-corrected chi connectivity index (χ4v) is 3.45. The molecule has 2 aromatic rings. The topological polar surface area (TPSA) is 49.6 Å². The van der Waals surface area contributed by atoms with Crippen molar-refractivity contribution in [3.8, 4) is 6.07 Å². The summed E-state index contributed by atoms with van der Waals surface area (Å²) in [6.45, 7) is 4.09. The van der Waals surface area contributed by atoms with Gasteiger partial charge in [0.25, 0.3) is 0 Å². The van der Waals surface area contributed by atoms with Crippen molar-refractivity contribution in [2.75, 3.05) is 0 Å². The molecule has 1 unspecified atom stereocenters. The van der Waals surface area contributed by atoms with Crippen LogP contribution in [0.3, 0.4) is 0 Å². The first kappa shape index (κ1) is 13.1. The second-order valence-corrected chi connectivity index (χ2v) is 6.61. The zero-order valence-corrected chi connectivity index (χ0v) is 11.9. The maximum absolute atomic E-state index is 8.72. The molecule has 0 radical (unpaired) electrons. The number of rotatable bonds is 4. The van der Waals surface area contributed by atoms with Gasteiger partial charge in [0, 0.05) is 34.8 Å². The van der Waals surface area contributed by atoms with Crippen LogP contribution in [0.4, 0.5) is 0 Å². The lowest BCUT2D eigenvalue weighted by Crippen LogP contribution is -1.93. The molecule has 2 rings (SSSR count). The van der Waals surface area contributed by atoms with Crippen LogP contribution in [0.25, 0.3) is 0 Å². The summed E-state index contributed by atoms with van der Waals surface area (Å²) in [5.74, 6) is 0.223. The third-order valence-electron chi connectivity index (χ3n) is 2.51. The second kappa shape index (κ2) is 5.98. The summed E-state index contributed by atoms with van der Waals surface area (Å²) in [6, 6.07) is 4.29. The Morgan fingerprint density at radius 3 is 2.94 bits per heavy atom. The monoisotopic (exact) mass is 275 g/mol. The summed E-state index contributed by atoms with van der Waals surface area (Å²) < 4.78 is 1.03. The minimum absolute atomic E-state index is 0.223. The fraction of sp³-hybridized carbons (Fsp3) is 0.308. The summed E-state index contributed by atoms with van der Waals surface area (Å²) in [5, 5.41) is 8.72. The lowest BCUT2D eigenvalue weighted by atomic mass is 10.0. The number of nitriles is 1. The number of hydrogen-bond acceptors (Lipinski definition) is 5. The summed E-state index contributed by atoms with van der Waals surface area (Å²) >= 11 is 3.30. The van der Waals surface area contributed by atoms with E-state index < -0.39 is 0 Å². The predicted octanol–water partition coefficient (Wildman–Crippen LogP) is 4.01. The van der Waals surface area contributed by atoms with Crippen molar-refractivity contribution in [1.29, 1.82) is 5.26 Å². The number of thiazole rings is 1.